The molecule has 2 aliphatic rings. The Hall–Kier alpha value is -2.62. The molecule has 150 valence electrons. The van der Waals surface area contributed by atoms with Gasteiger partial charge in [-0.15, -0.1) is 5.73 Å². The highest BCUT2D eigenvalue weighted by Crippen LogP contribution is 2.35. The first-order chi connectivity index (χ1) is 13.2. The van der Waals surface area contributed by atoms with Crippen LogP contribution in [-0.4, -0.2) is 49.6 Å². The van der Waals surface area contributed by atoms with Crippen LogP contribution < -0.4 is 9.62 Å². The Bertz CT molecular complexity index is 971. The van der Waals surface area contributed by atoms with Crippen LogP contribution in [-0.2, 0) is 16.4 Å². The predicted octanol–water partition coefficient (Wildman–Crippen LogP) is 2.08. The largest absolute Gasteiger partial charge is 0.419 e. The Kier molecular flexibility index (Phi) is 5.59. The third kappa shape index (κ3) is 4.61. The van der Waals surface area contributed by atoms with Crippen molar-refractivity contribution in [3.05, 3.63) is 53.7 Å². The molecule has 0 aromatic carbocycles. The van der Waals surface area contributed by atoms with Gasteiger partial charge >= 0.3 is 16.4 Å². The van der Waals surface area contributed by atoms with Crippen LogP contribution in [0.15, 0.2) is 53.1 Å². The van der Waals surface area contributed by atoms with Gasteiger partial charge in [0.05, 0.1) is 5.56 Å². The molecule has 1 fully saturated rings. The molecule has 7 nitrogen and oxygen atoms in total. The molecule has 0 amide bonds. The fourth-order valence-electron chi connectivity index (χ4n) is 2.82. The number of nitrogens with one attached hydrogen (secondary N) is 1. The summed E-state index contributed by atoms with van der Waals surface area (Å²) >= 11 is 0. The normalized spacial score (nSPS) is 18.5. The summed E-state index contributed by atoms with van der Waals surface area (Å²) in [5.74, 6) is -0.0480. The van der Waals surface area contributed by atoms with Crippen molar-refractivity contribution in [3.8, 4) is 0 Å². The van der Waals surface area contributed by atoms with E-state index in [-0.39, 0.29) is 37.8 Å². The van der Waals surface area contributed by atoms with E-state index in [2.05, 4.69) is 20.4 Å². The smallest absolute Gasteiger partial charge is 0.353 e. The molecular formula is C17H18F3N5O2S. The van der Waals surface area contributed by atoms with E-state index >= 15 is 0 Å². The number of halogens is 3. The van der Waals surface area contributed by atoms with Crippen molar-refractivity contribution < 1.29 is 21.6 Å². The Morgan fingerprint density at radius 3 is 2.61 bits per heavy atom. The maximum atomic E-state index is 13.2. The number of aromatic nitrogens is 1. The van der Waals surface area contributed by atoms with Gasteiger partial charge in [-0.2, -0.15) is 25.9 Å². The van der Waals surface area contributed by atoms with Gasteiger partial charge in [-0.25, -0.2) is 9.98 Å². The molecule has 0 saturated carbocycles. The van der Waals surface area contributed by atoms with Gasteiger partial charge in [-0.3, -0.25) is 4.72 Å². The van der Waals surface area contributed by atoms with E-state index in [1.807, 2.05) is 0 Å². The molecule has 3 rings (SSSR count). The van der Waals surface area contributed by atoms with Crippen LogP contribution in [0.4, 0.5) is 19.0 Å². The van der Waals surface area contributed by atoms with Crippen LogP contribution in [0.3, 0.4) is 0 Å². The van der Waals surface area contributed by atoms with Crippen LogP contribution in [0.5, 0.6) is 0 Å². The number of rotatable bonds is 4. The molecule has 28 heavy (non-hydrogen) atoms. The maximum Gasteiger partial charge on any atom is 0.419 e. The number of aliphatic imine (C=N–C) groups is 1. The molecule has 3 heterocycles. The zero-order valence-electron chi connectivity index (χ0n) is 14.9. The van der Waals surface area contributed by atoms with Gasteiger partial charge in [-0.1, -0.05) is 0 Å². The molecule has 1 N–H and O–H groups in total. The molecule has 0 atom stereocenters. The molecule has 1 aromatic rings. The summed E-state index contributed by atoms with van der Waals surface area (Å²) in [4.78, 5) is 9.41. The Morgan fingerprint density at radius 1 is 1.21 bits per heavy atom. The SMILES string of the molecule is CC1=NC(NS(=O)(=O)N2CCN(c3ncccc3C(F)(F)F)CC2)=CC=C=C1. The zero-order valence-corrected chi connectivity index (χ0v) is 15.8. The van der Waals surface area contributed by atoms with Gasteiger partial charge in [0.15, 0.2) is 0 Å². The molecular weight excluding hydrogens is 395 g/mol. The second-order valence-corrected chi connectivity index (χ2v) is 7.82. The molecule has 0 radical (unpaired) electrons. The lowest BCUT2D eigenvalue weighted by atomic mass is 10.2. The average molecular weight is 413 g/mol. The predicted molar refractivity (Wildman–Crippen MR) is 98.9 cm³/mol. The number of piperazine rings is 1. The maximum absolute atomic E-state index is 13.2. The van der Waals surface area contributed by atoms with Crippen molar-refractivity contribution in [2.75, 3.05) is 31.1 Å². The van der Waals surface area contributed by atoms with Crippen LogP contribution in [0, 0.1) is 0 Å². The molecule has 11 heteroatoms. The molecule has 0 bridgehead atoms. The average Bonchev–Trinajstić information content (AvgIpc) is 2.84. The fourth-order valence-corrected chi connectivity index (χ4v) is 3.97. The van der Waals surface area contributed by atoms with E-state index in [0.29, 0.717) is 5.71 Å². The van der Waals surface area contributed by atoms with Crippen molar-refractivity contribution in [1.29, 1.82) is 0 Å². The highest BCUT2D eigenvalue weighted by molar-refractivity contribution is 7.87. The van der Waals surface area contributed by atoms with Crippen molar-refractivity contribution in [2.45, 2.75) is 13.1 Å². The summed E-state index contributed by atoms with van der Waals surface area (Å²) in [5.41, 5.74) is 2.57. The molecule has 1 aromatic heterocycles. The van der Waals surface area contributed by atoms with Crippen LogP contribution >= 0.6 is 0 Å². The van der Waals surface area contributed by atoms with Crippen molar-refractivity contribution in [2.24, 2.45) is 4.99 Å². The fraction of sp³-hybridized carbons (Fsp3) is 0.353. The minimum Gasteiger partial charge on any atom is -0.353 e. The van der Waals surface area contributed by atoms with E-state index in [9.17, 15) is 21.6 Å². The van der Waals surface area contributed by atoms with Crippen LogP contribution in [0.1, 0.15) is 12.5 Å². The van der Waals surface area contributed by atoms with E-state index in [0.717, 1.165) is 6.07 Å². The van der Waals surface area contributed by atoms with Crippen LogP contribution in [0.25, 0.3) is 0 Å². The second kappa shape index (κ2) is 7.78. The molecule has 0 aliphatic carbocycles. The summed E-state index contributed by atoms with van der Waals surface area (Å²) in [6, 6.07) is 2.19. The van der Waals surface area contributed by atoms with Gasteiger partial charge in [0.2, 0.25) is 0 Å². The van der Waals surface area contributed by atoms with E-state index < -0.39 is 21.9 Å². The van der Waals surface area contributed by atoms with Gasteiger partial charge in [0.25, 0.3) is 0 Å². The number of allylic oxidation sites excluding steroid dienone is 2. The number of anilines is 1. The second-order valence-electron chi connectivity index (χ2n) is 6.15. The molecule has 0 spiro atoms. The first-order valence-electron chi connectivity index (χ1n) is 8.40. The summed E-state index contributed by atoms with van der Waals surface area (Å²) < 4.78 is 68.3. The lowest BCUT2D eigenvalue weighted by Crippen LogP contribution is -2.52. The van der Waals surface area contributed by atoms with E-state index in [1.165, 1.54) is 33.6 Å². The summed E-state index contributed by atoms with van der Waals surface area (Å²) in [7, 11) is -3.89. The third-order valence-corrected chi connectivity index (χ3v) is 5.64. The van der Waals surface area contributed by atoms with Gasteiger partial charge < -0.3 is 4.90 Å². The number of nitrogens with zero attached hydrogens (tertiary/aromatic N) is 4. The third-order valence-electron chi connectivity index (χ3n) is 4.13. The van der Waals surface area contributed by atoms with Crippen molar-refractivity contribution in [3.63, 3.8) is 0 Å². The minimum absolute atomic E-state index is 0.0211. The minimum atomic E-state index is -4.53. The van der Waals surface area contributed by atoms with Gasteiger partial charge in [0.1, 0.15) is 11.6 Å². The van der Waals surface area contributed by atoms with Crippen molar-refractivity contribution >= 4 is 21.7 Å². The lowest BCUT2D eigenvalue weighted by Gasteiger charge is -2.35. The molecule has 2 aliphatic heterocycles. The zero-order chi connectivity index (χ0) is 20.4. The Labute approximate surface area is 160 Å². The molecule has 0 unspecified atom stereocenters. The first-order valence-corrected chi connectivity index (χ1v) is 9.84. The number of alkyl halides is 3. The quantitative estimate of drug-likeness (QED) is 0.767. The summed E-state index contributed by atoms with van der Waals surface area (Å²) in [5, 5.41) is 0. The van der Waals surface area contributed by atoms with Crippen LogP contribution in [0.2, 0.25) is 0 Å². The summed E-state index contributed by atoms with van der Waals surface area (Å²) in [6.07, 6.45) is 1.38. The summed E-state index contributed by atoms with van der Waals surface area (Å²) in [6.45, 7) is 1.92. The number of hydrogen-bond donors (Lipinski definition) is 1. The van der Waals surface area contributed by atoms with E-state index in [1.54, 1.807) is 13.0 Å². The number of hydrogen-bond acceptors (Lipinski definition) is 5. The Morgan fingerprint density at radius 2 is 1.93 bits per heavy atom. The highest BCUT2D eigenvalue weighted by Gasteiger charge is 2.37. The van der Waals surface area contributed by atoms with Gasteiger partial charge in [-0.05, 0) is 31.2 Å². The monoisotopic (exact) mass is 413 g/mol. The van der Waals surface area contributed by atoms with Gasteiger partial charge in [0, 0.05) is 44.2 Å². The highest BCUT2D eigenvalue weighted by atomic mass is 32.2. The topological polar surface area (TPSA) is 77.9 Å². The Balaban J connectivity index is 1.70. The lowest BCUT2D eigenvalue weighted by molar-refractivity contribution is -0.137. The van der Waals surface area contributed by atoms with E-state index in [4.69, 9.17) is 0 Å². The van der Waals surface area contributed by atoms with Crippen molar-refractivity contribution in [1.82, 2.24) is 14.0 Å². The number of pyridine rings is 1. The first kappa shape index (κ1) is 20.1. The molecule has 1 saturated heterocycles. The standard InChI is InChI=1S/C17H18F3N5O2S/c1-13-5-2-3-7-15(22-13)23-28(26,27)25-11-9-24(10-12-25)16-14(17(18,19)20)6-4-8-21-16/h3-8,23H,9-12H2,1H3.